The van der Waals surface area contributed by atoms with Crippen LogP contribution in [0.15, 0.2) is 77.7 Å². The van der Waals surface area contributed by atoms with Crippen LogP contribution in [0, 0.1) is 13.8 Å². The van der Waals surface area contributed by atoms with Crippen molar-refractivity contribution in [3.8, 4) is 5.75 Å². The average Bonchev–Trinajstić information content (AvgIpc) is 3.08. The molecular weight excluding hydrogens is 464 g/mol. The first-order valence-corrected chi connectivity index (χ1v) is 12.0. The molecule has 0 radical (unpaired) electrons. The molecule has 0 spiro atoms. The molecule has 1 saturated heterocycles. The number of thiocarbonyl (C=S) groups is 1. The molecule has 7 heteroatoms. The maximum Gasteiger partial charge on any atom is 0.266 e. The molecule has 1 fully saturated rings. The van der Waals surface area contributed by atoms with Gasteiger partial charge in [-0.2, -0.15) is 0 Å². The molecule has 1 aliphatic heterocycles. The molecule has 2 amide bonds. The van der Waals surface area contributed by atoms with Gasteiger partial charge in [0.25, 0.3) is 11.8 Å². The molecule has 34 heavy (non-hydrogen) atoms. The molecule has 1 aliphatic rings. The van der Waals surface area contributed by atoms with E-state index in [0.717, 1.165) is 27.9 Å². The third-order valence-corrected chi connectivity index (χ3v) is 6.63. The quantitative estimate of drug-likeness (QED) is 0.340. The smallest absolute Gasteiger partial charge is 0.266 e. The van der Waals surface area contributed by atoms with E-state index in [1.807, 2.05) is 74.5 Å². The highest BCUT2D eigenvalue weighted by Crippen LogP contribution is 2.34. The number of aryl methyl sites for hydroxylation is 2. The Morgan fingerprint density at radius 1 is 1.06 bits per heavy atom. The Balaban J connectivity index is 1.39. The van der Waals surface area contributed by atoms with Crippen molar-refractivity contribution in [2.45, 2.75) is 20.4 Å². The summed E-state index contributed by atoms with van der Waals surface area (Å²) in [6, 6.07) is 23.0. The highest BCUT2D eigenvalue weighted by Gasteiger charge is 2.31. The SMILES string of the molecule is Cc1ccc(C)c(NC(=O)COc2cccc(/C=C3\SC(=S)N(Cc4ccccc4)C3=O)c2)c1. The summed E-state index contributed by atoms with van der Waals surface area (Å²) < 4.78 is 6.23. The number of hydrogen-bond donors (Lipinski definition) is 1. The van der Waals surface area contributed by atoms with Crippen LogP contribution in [0.1, 0.15) is 22.3 Å². The molecule has 172 valence electrons. The van der Waals surface area contributed by atoms with Gasteiger partial charge in [0, 0.05) is 5.69 Å². The summed E-state index contributed by atoms with van der Waals surface area (Å²) >= 11 is 6.72. The van der Waals surface area contributed by atoms with Gasteiger partial charge in [0.15, 0.2) is 6.61 Å². The van der Waals surface area contributed by atoms with Gasteiger partial charge >= 0.3 is 0 Å². The molecule has 4 rings (SSSR count). The minimum Gasteiger partial charge on any atom is -0.484 e. The predicted octanol–water partition coefficient (Wildman–Crippen LogP) is 5.72. The summed E-state index contributed by atoms with van der Waals surface area (Å²) in [7, 11) is 0. The highest BCUT2D eigenvalue weighted by molar-refractivity contribution is 8.26. The Kier molecular flexibility index (Phi) is 7.45. The second-order valence-corrected chi connectivity index (χ2v) is 9.66. The fourth-order valence-corrected chi connectivity index (χ4v) is 4.71. The van der Waals surface area contributed by atoms with Gasteiger partial charge < -0.3 is 10.1 Å². The third kappa shape index (κ3) is 5.92. The van der Waals surface area contributed by atoms with Gasteiger partial charge in [-0.15, -0.1) is 0 Å². The van der Waals surface area contributed by atoms with Crippen LogP contribution in [-0.2, 0) is 16.1 Å². The molecule has 0 bridgehead atoms. The van der Waals surface area contributed by atoms with Crippen molar-refractivity contribution in [3.05, 3.63) is 100.0 Å². The number of carbonyl (C=O) groups excluding carboxylic acids is 2. The van der Waals surface area contributed by atoms with E-state index >= 15 is 0 Å². The number of thioether (sulfide) groups is 1. The largest absolute Gasteiger partial charge is 0.484 e. The van der Waals surface area contributed by atoms with Crippen molar-refractivity contribution in [3.63, 3.8) is 0 Å². The summed E-state index contributed by atoms with van der Waals surface area (Å²) in [5, 5.41) is 2.89. The molecule has 0 unspecified atom stereocenters. The first-order valence-electron chi connectivity index (χ1n) is 10.8. The highest BCUT2D eigenvalue weighted by atomic mass is 32.2. The van der Waals surface area contributed by atoms with Crippen LogP contribution in [0.25, 0.3) is 6.08 Å². The third-order valence-electron chi connectivity index (χ3n) is 5.25. The standard InChI is InChI=1S/C27H24N2O3S2/c1-18-11-12-19(2)23(13-18)28-25(30)17-32-22-10-6-9-21(14-22)15-24-26(31)29(27(33)34-24)16-20-7-4-3-5-8-20/h3-15H,16-17H2,1-2H3,(H,28,30)/b24-15-. The molecule has 5 nitrogen and oxygen atoms in total. The summed E-state index contributed by atoms with van der Waals surface area (Å²) in [6.07, 6.45) is 1.80. The van der Waals surface area contributed by atoms with Crippen LogP contribution in [-0.4, -0.2) is 27.6 Å². The predicted molar refractivity (Wildman–Crippen MR) is 142 cm³/mol. The van der Waals surface area contributed by atoms with E-state index in [-0.39, 0.29) is 18.4 Å². The number of benzene rings is 3. The summed E-state index contributed by atoms with van der Waals surface area (Å²) in [5.41, 5.74) is 4.66. The maximum atomic E-state index is 12.9. The number of nitrogens with zero attached hydrogens (tertiary/aromatic N) is 1. The average molecular weight is 489 g/mol. The van der Waals surface area contributed by atoms with Crippen molar-refractivity contribution in [2.75, 3.05) is 11.9 Å². The Morgan fingerprint density at radius 3 is 2.65 bits per heavy atom. The zero-order valence-corrected chi connectivity index (χ0v) is 20.5. The number of amides is 2. The van der Waals surface area contributed by atoms with Crippen LogP contribution in [0.2, 0.25) is 0 Å². The summed E-state index contributed by atoms with van der Waals surface area (Å²) in [5.74, 6) is 0.198. The molecule has 3 aromatic carbocycles. The zero-order chi connectivity index (χ0) is 24.1. The van der Waals surface area contributed by atoms with Crippen LogP contribution in [0.3, 0.4) is 0 Å². The lowest BCUT2D eigenvalue weighted by Crippen LogP contribution is -2.27. The van der Waals surface area contributed by atoms with Gasteiger partial charge in [-0.1, -0.05) is 78.6 Å². The number of anilines is 1. The van der Waals surface area contributed by atoms with Crippen LogP contribution in [0.5, 0.6) is 5.75 Å². The van der Waals surface area contributed by atoms with Crippen molar-refractivity contribution < 1.29 is 14.3 Å². The topological polar surface area (TPSA) is 58.6 Å². The Bertz CT molecular complexity index is 1270. The molecule has 0 aromatic heterocycles. The molecular formula is C27H24N2O3S2. The van der Waals surface area contributed by atoms with Crippen LogP contribution < -0.4 is 10.1 Å². The van der Waals surface area contributed by atoms with E-state index in [9.17, 15) is 9.59 Å². The monoisotopic (exact) mass is 488 g/mol. The summed E-state index contributed by atoms with van der Waals surface area (Å²) in [6.45, 7) is 4.26. The van der Waals surface area contributed by atoms with Gasteiger partial charge in [-0.05, 0) is 60.4 Å². The van der Waals surface area contributed by atoms with E-state index in [4.69, 9.17) is 17.0 Å². The molecule has 1 heterocycles. The number of ether oxygens (including phenoxy) is 1. The minimum atomic E-state index is -0.235. The molecule has 0 saturated carbocycles. The van der Waals surface area contributed by atoms with E-state index < -0.39 is 0 Å². The van der Waals surface area contributed by atoms with E-state index in [0.29, 0.717) is 21.5 Å². The van der Waals surface area contributed by atoms with Gasteiger partial charge in [0.2, 0.25) is 0 Å². The molecule has 0 aliphatic carbocycles. The van der Waals surface area contributed by atoms with Crippen molar-refractivity contribution in [1.82, 2.24) is 4.90 Å². The Morgan fingerprint density at radius 2 is 1.85 bits per heavy atom. The first kappa shape index (κ1) is 23.7. The lowest BCUT2D eigenvalue weighted by Gasteiger charge is -2.14. The van der Waals surface area contributed by atoms with Gasteiger partial charge in [0.1, 0.15) is 10.1 Å². The number of hydrogen-bond acceptors (Lipinski definition) is 5. The van der Waals surface area contributed by atoms with E-state index in [1.165, 1.54) is 11.8 Å². The molecule has 3 aromatic rings. The lowest BCUT2D eigenvalue weighted by atomic mass is 10.1. The fraction of sp³-hybridized carbons (Fsp3) is 0.148. The molecule has 0 atom stereocenters. The normalized spacial score (nSPS) is 14.5. The maximum absolute atomic E-state index is 12.9. The zero-order valence-electron chi connectivity index (χ0n) is 18.9. The van der Waals surface area contributed by atoms with Crippen molar-refractivity contribution in [1.29, 1.82) is 0 Å². The lowest BCUT2D eigenvalue weighted by molar-refractivity contribution is -0.122. The Labute approximate surface area is 208 Å². The van der Waals surface area contributed by atoms with Gasteiger partial charge in [-0.25, -0.2) is 0 Å². The van der Waals surface area contributed by atoms with Crippen molar-refractivity contribution in [2.24, 2.45) is 0 Å². The van der Waals surface area contributed by atoms with Crippen LogP contribution >= 0.6 is 24.0 Å². The van der Waals surface area contributed by atoms with Gasteiger partial charge in [-0.3, -0.25) is 14.5 Å². The fourth-order valence-electron chi connectivity index (χ4n) is 3.45. The summed E-state index contributed by atoms with van der Waals surface area (Å²) in [4.78, 5) is 27.4. The second-order valence-electron chi connectivity index (χ2n) is 7.98. The minimum absolute atomic E-state index is 0.113. The Hall–Kier alpha value is -3.42. The van der Waals surface area contributed by atoms with Crippen LogP contribution in [0.4, 0.5) is 5.69 Å². The second kappa shape index (κ2) is 10.7. The number of nitrogens with one attached hydrogen (secondary N) is 1. The number of rotatable bonds is 7. The molecule has 1 N–H and O–H groups in total. The van der Waals surface area contributed by atoms with E-state index in [2.05, 4.69) is 5.32 Å². The van der Waals surface area contributed by atoms with Crippen molar-refractivity contribution >= 4 is 51.9 Å². The van der Waals surface area contributed by atoms with Gasteiger partial charge in [0.05, 0.1) is 11.4 Å². The van der Waals surface area contributed by atoms with E-state index in [1.54, 1.807) is 23.1 Å². The first-order chi connectivity index (χ1) is 16.4. The number of carbonyl (C=O) groups is 2.